The van der Waals surface area contributed by atoms with Gasteiger partial charge in [0, 0.05) is 11.8 Å². The zero-order valence-corrected chi connectivity index (χ0v) is 11.3. The van der Waals surface area contributed by atoms with E-state index in [1.165, 1.54) is 0 Å². The highest BCUT2D eigenvalue weighted by molar-refractivity contribution is 7.99. The molecule has 0 saturated carbocycles. The molecule has 5 heteroatoms. The topological polar surface area (TPSA) is 55.1 Å². The van der Waals surface area contributed by atoms with Crippen molar-refractivity contribution in [1.29, 1.82) is 0 Å². The minimum Gasteiger partial charge on any atom is -0.478 e. The summed E-state index contributed by atoms with van der Waals surface area (Å²) in [7, 11) is 0. The van der Waals surface area contributed by atoms with Gasteiger partial charge in [0.1, 0.15) is 0 Å². The Morgan fingerprint density at radius 1 is 1.56 bits per heavy atom. The summed E-state index contributed by atoms with van der Waals surface area (Å²) in [5.74, 6) is 1.18. The van der Waals surface area contributed by atoms with Crippen molar-refractivity contribution in [3.63, 3.8) is 0 Å². The summed E-state index contributed by atoms with van der Waals surface area (Å²) < 4.78 is 2.05. The monoisotopic (exact) mass is 264 g/mol. The molecule has 1 unspecified atom stereocenters. The second kappa shape index (κ2) is 5.44. The molecule has 0 aliphatic heterocycles. The maximum Gasteiger partial charge on any atom is 0.335 e. The summed E-state index contributed by atoms with van der Waals surface area (Å²) in [6.07, 6.45) is 1.79. The standard InChI is InChI=1S/C13H16N2O2S/c1-3-18-7-9(2)15-8-14-11-5-4-10(13(16)17)6-12(11)15/h4-6,8-9H,3,7H2,1-2H3,(H,16,17). The molecule has 1 N–H and O–H groups in total. The highest BCUT2D eigenvalue weighted by atomic mass is 32.2. The third-order valence-corrected chi connectivity index (χ3v) is 3.99. The zero-order valence-electron chi connectivity index (χ0n) is 10.5. The van der Waals surface area contributed by atoms with Crippen molar-refractivity contribution in [2.45, 2.75) is 19.9 Å². The van der Waals surface area contributed by atoms with Crippen molar-refractivity contribution >= 4 is 28.8 Å². The third kappa shape index (κ3) is 2.51. The lowest BCUT2D eigenvalue weighted by atomic mass is 10.2. The van der Waals surface area contributed by atoms with Crippen LogP contribution in [0.15, 0.2) is 24.5 Å². The number of imidazole rings is 1. The van der Waals surface area contributed by atoms with E-state index in [2.05, 4.69) is 18.8 Å². The molecular formula is C13H16N2O2S. The molecule has 0 amide bonds. The van der Waals surface area contributed by atoms with E-state index < -0.39 is 5.97 Å². The Bertz CT molecular complexity index is 565. The SMILES string of the molecule is CCSCC(C)n1cnc2ccc(C(=O)O)cc21. The fraction of sp³-hybridized carbons (Fsp3) is 0.385. The van der Waals surface area contributed by atoms with E-state index in [1.807, 2.05) is 16.3 Å². The molecule has 0 saturated heterocycles. The molecule has 1 heterocycles. The Labute approximate surface area is 110 Å². The van der Waals surface area contributed by atoms with E-state index >= 15 is 0 Å². The minimum absolute atomic E-state index is 0.305. The summed E-state index contributed by atoms with van der Waals surface area (Å²) in [6.45, 7) is 4.25. The van der Waals surface area contributed by atoms with Crippen molar-refractivity contribution in [2.24, 2.45) is 0 Å². The minimum atomic E-state index is -0.903. The summed E-state index contributed by atoms with van der Waals surface area (Å²) >= 11 is 1.87. The van der Waals surface area contributed by atoms with Crippen LogP contribution >= 0.6 is 11.8 Å². The van der Waals surface area contributed by atoms with Gasteiger partial charge < -0.3 is 9.67 Å². The van der Waals surface area contributed by atoms with Crippen LogP contribution in [0, 0.1) is 0 Å². The first kappa shape index (κ1) is 13.0. The Morgan fingerprint density at radius 3 is 3.00 bits per heavy atom. The highest BCUT2D eigenvalue weighted by Gasteiger charge is 2.11. The van der Waals surface area contributed by atoms with Crippen LogP contribution in [-0.4, -0.2) is 32.1 Å². The van der Waals surface area contributed by atoms with Crippen LogP contribution in [0.1, 0.15) is 30.2 Å². The fourth-order valence-corrected chi connectivity index (χ4v) is 2.62. The first-order valence-corrected chi connectivity index (χ1v) is 7.06. The lowest BCUT2D eigenvalue weighted by molar-refractivity contribution is 0.0697. The number of carboxylic acid groups (broad SMARTS) is 1. The van der Waals surface area contributed by atoms with Gasteiger partial charge in [0.05, 0.1) is 22.9 Å². The van der Waals surface area contributed by atoms with Crippen LogP contribution < -0.4 is 0 Å². The number of benzene rings is 1. The molecule has 1 atom stereocenters. The first-order valence-electron chi connectivity index (χ1n) is 5.91. The molecule has 0 radical (unpaired) electrons. The smallest absolute Gasteiger partial charge is 0.335 e. The molecule has 2 rings (SSSR count). The number of aromatic nitrogens is 2. The van der Waals surface area contributed by atoms with E-state index in [9.17, 15) is 4.79 Å². The van der Waals surface area contributed by atoms with Crippen molar-refractivity contribution in [3.05, 3.63) is 30.1 Å². The Balaban J connectivity index is 2.38. The molecule has 1 aromatic carbocycles. The maximum absolute atomic E-state index is 11.0. The molecule has 96 valence electrons. The first-order chi connectivity index (χ1) is 8.63. The van der Waals surface area contributed by atoms with Gasteiger partial charge in [0.25, 0.3) is 0 Å². The zero-order chi connectivity index (χ0) is 13.1. The maximum atomic E-state index is 11.0. The van der Waals surface area contributed by atoms with Crippen molar-refractivity contribution in [3.8, 4) is 0 Å². The Hall–Kier alpha value is -1.49. The Morgan fingerprint density at radius 2 is 2.33 bits per heavy atom. The van der Waals surface area contributed by atoms with Gasteiger partial charge in [-0.1, -0.05) is 6.92 Å². The van der Waals surface area contributed by atoms with E-state index in [0.717, 1.165) is 22.5 Å². The fourth-order valence-electron chi connectivity index (χ4n) is 1.88. The van der Waals surface area contributed by atoms with Gasteiger partial charge in [-0.2, -0.15) is 11.8 Å². The van der Waals surface area contributed by atoms with Gasteiger partial charge in [-0.15, -0.1) is 0 Å². The summed E-state index contributed by atoms with van der Waals surface area (Å²) in [6, 6.07) is 5.35. The van der Waals surface area contributed by atoms with E-state index in [4.69, 9.17) is 5.11 Å². The van der Waals surface area contributed by atoms with E-state index in [0.29, 0.717) is 11.6 Å². The van der Waals surface area contributed by atoms with Crippen LogP contribution in [0.5, 0.6) is 0 Å². The molecule has 4 nitrogen and oxygen atoms in total. The predicted molar refractivity (Wildman–Crippen MR) is 74.4 cm³/mol. The molecule has 1 aromatic heterocycles. The average Bonchev–Trinajstić information content (AvgIpc) is 2.78. The number of carboxylic acids is 1. The van der Waals surface area contributed by atoms with Crippen LogP contribution in [0.3, 0.4) is 0 Å². The van der Waals surface area contributed by atoms with Gasteiger partial charge in [0.2, 0.25) is 0 Å². The van der Waals surface area contributed by atoms with Crippen LogP contribution in [0.2, 0.25) is 0 Å². The van der Waals surface area contributed by atoms with Crippen molar-refractivity contribution < 1.29 is 9.90 Å². The number of carbonyl (C=O) groups is 1. The highest BCUT2D eigenvalue weighted by Crippen LogP contribution is 2.21. The normalized spacial score (nSPS) is 12.8. The van der Waals surface area contributed by atoms with Gasteiger partial charge in [-0.25, -0.2) is 9.78 Å². The van der Waals surface area contributed by atoms with Crippen molar-refractivity contribution in [2.75, 3.05) is 11.5 Å². The number of nitrogens with zero attached hydrogens (tertiary/aromatic N) is 2. The molecule has 0 fully saturated rings. The molecule has 2 aromatic rings. The summed E-state index contributed by atoms with van der Waals surface area (Å²) in [5.41, 5.74) is 2.03. The summed E-state index contributed by atoms with van der Waals surface area (Å²) in [5, 5.41) is 9.02. The lowest BCUT2D eigenvalue weighted by Gasteiger charge is -2.13. The second-order valence-electron chi connectivity index (χ2n) is 4.17. The van der Waals surface area contributed by atoms with Gasteiger partial charge in [-0.05, 0) is 30.9 Å². The summed E-state index contributed by atoms with van der Waals surface area (Å²) in [4.78, 5) is 15.3. The quantitative estimate of drug-likeness (QED) is 0.901. The average molecular weight is 264 g/mol. The number of thioether (sulfide) groups is 1. The molecule has 0 aliphatic carbocycles. The van der Waals surface area contributed by atoms with Crippen LogP contribution in [0.25, 0.3) is 11.0 Å². The van der Waals surface area contributed by atoms with Crippen LogP contribution in [-0.2, 0) is 0 Å². The van der Waals surface area contributed by atoms with Gasteiger partial charge in [0.15, 0.2) is 0 Å². The number of hydrogen-bond donors (Lipinski definition) is 1. The largest absolute Gasteiger partial charge is 0.478 e. The number of hydrogen-bond acceptors (Lipinski definition) is 3. The molecule has 0 spiro atoms. The van der Waals surface area contributed by atoms with Gasteiger partial charge in [-0.3, -0.25) is 0 Å². The molecule has 0 aliphatic rings. The number of aromatic carboxylic acids is 1. The molecular weight excluding hydrogens is 248 g/mol. The van der Waals surface area contributed by atoms with Crippen molar-refractivity contribution in [1.82, 2.24) is 9.55 Å². The number of rotatable bonds is 5. The van der Waals surface area contributed by atoms with E-state index in [1.54, 1.807) is 24.5 Å². The Kier molecular flexibility index (Phi) is 3.91. The van der Waals surface area contributed by atoms with E-state index in [-0.39, 0.29) is 0 Å². The molecule has 0 bridgehead atoms. The lowest BCUT2D eigenvalue weighted by Crippen LogP contribution is -2.07. The predicted octanol–water partition coefficient (Wildman–Crippen LogP) is 3.05. The third-order valence-electron chi connectivity index (χ3n) is 2.86. The second-order valence-corrected chi connectivity index (χ2v) is 5.49. The van der Waals surface area contributed by atoms with Crippen LogP contribution in [0.4, 0.5) is 0 Å². The molecule has 18 heavy (non-hydrogen) atoms. The number of fused-ring (bicyclic) bond motifs is 1. The van der Waals surface area contributed by atoms with Gasteiger partial charge >= 0.3 is 5.97 Å².